The van der Waals surface area contributed by atoms with E-state index in [1.54, 1.807) is 6.07 Å². The monoisotopic (exact) mass is 247 g/mol. The zero-order valence-corrected chi connectivity index (χ0v) is 10.7. The molecule has 3 nitrogen and oxygen atoms in total. The second-order valence-electron chi connectivity index (χ2n) is 4.69. The highest BCUT2D eigenvalue weighted by atomic mass is 19.1. The van der Waals surface area contributed by atoms with Crippen LogP contribution in [-0.4, -0.2) is 10.2 Å². The van der Waals surface area contributed by atoms with E-state index in [0.29, 0.717) is 11.7 Å². The first-order chi connectivity index (χ1) is 8.61. The Bertz CT molecular complexity index is 534. The number of nitrogen functional groups attached to an aromatic ring is 1. The number of nitrogens with one attached hydrogen (secondary N) is 1. The summed E-state index contributed by atoms with van der Waals surface area (Å²) in [6.07, 6.45) is 1.95. The first-order valence-corrected chi connectivity index (χ1v) is 6.20. The molecule has 1 aromatic heterocycles. The van der Waals surface area contributed by atoms with Crippen molar-refractivity contribution >= 4 is 5.82 Å². The summed E-state index contributed by atoms with van der Waals surface area (Å²) in [7, 11) is 0. The molecule has 0 saturated heterocycles. The lowest BCUT2D eigenvalue weighted by Crippen LogP contribution is -2.00. The van der Waals surface area contributed by atoms with Gasteiger partial charge in [0.1, 0.15) is 5.82 Å². The maximum Gasteiger partial charge on any atom is 0.153 e. The van der Waals surface area contributed by atoms with E-state index >= 15 is 0 Å². The molecule has 0 aliphatic rings. The molecule has 2 rings (SSSR count). The highest BCUT2D eigenvalue weighted by Gasteiger charge is 2.15. The van der Waals surface area contributed by atoms with Gasteiger partial charge in [-0.3, -0.25) is 5.10 Å². The van der Waals surface area contributed by atoms with E-state index in [4.69, 9.17) is 5.73 Å². The Kier molecular flexibility index (Phi) is 3.65. The van der Waals surface area contributed by atoms with Crippen molar-refractivity contribution in [1.29, 1.82) is 0 Å². The number of benzene rings is 1. The molecule has 4 heteroatoms. The molecule has 0 radical (unpaired) electrons. The Hall–Kier alpha value is -1.84. The van der Waals surface area contributed by atoms with Gasteiger partial charge in [-0.1, -0.05) is 32.4 Å². The minimum Gasteiger partial charge on any atom is -0.382 e. The number of hydrogen-bond acceptors (Lipinski definition) is 2. The number of H-pyrrole nitrogens is 1. The first kappa shape index (κ1) is 12.6. The Morgan fingerprint density at radius 2 is 2.22 bits per heavy atom. The van der Waals surface area contributed by atoms with Gasteiger partial charge in [0, 0.05) is 11.3 Å². The van der Waals surface area contributed by atoms with Crippen molar-refractivity contribution in [2.45, 2.75) is 26.7 Å². The highest BCUT2D eigenvalue weighted by Crippen LogP contribution is 2.30. The Morgan fingerprint density at radius 3 is 2.89 bits per heavy atom. The van der Waals surface area contributed by atoms with Crippen molar-refractivity contribution in [3.8, 4) is 11.1 Å². The summed E-state index contributed by atoms with van der Waals surface area (Å²) < 4.78 is 13.3. The number of anilines is 1. The standard InChI is InChI=1S/C14H18FN3/c1-3-9(2)7-12-13(14(16)18-17-12)10-5-4-6-11(15)8-10/h4-6,8-9H,3,7H2,1-2H3,(H3,16,17,18). The smallest absolute Gasteiger partial charge is 0.153 e. The molecular formula is C14H18FN3. The summed E-state index contributed by atoms with van der Waals surface area (Å²) in [4.78, 5) is 0. The molecule has 96 valence electrons. The summed E-state index contributed by atoms with van der Waals surface area (Å²) in [5.41, 5.74) is 8.46. The number of aromatic nitrogens is 2. The van der Waals surface area contributed by atoms with Gasteiger partial charge in [-0.2, -0.15) is 5.10 Å². The van der Waals surface area contributed by atoms with Crippen molar-refractivity contribution in [3.63, 3.8) is 0 Å². The van der Waals surface area contributed by atoms with E-state index < -0.39 is 0 Å². The molecule has 0 amide bonds. The fourth-order valence-corrected chi connectivity index (χ4v) is 2.00. The number of aromatic amines is 1. The van der Waals surface area contributed by atoms with Crippen molar-refractivity contribution in [2.24, 2.45) is 5.92 Å². The van der Waals surface area contributed by atoms with Gasteiger partial charge in [0.2, 0.25) is 0 Å². The molecule has 3 N–H and O–H groups in total. The van der Waals surface area contributed by atoms with Crippen LogP contribution in [0.4, 0.5) is 10.2 Å². The average molecular weight is 247 g/mol. The summed E-state index contributed by atoms with van der Waals surface area (Å²) in [5.74, 6) is 0.707. The maximum atomic E-state index is 13.3. The number of rotatable bonds is 4. The maximum absolute atomic E-state index is 13.3. The molecule has 0 saturated carbocycles. The lowest BCUT2D eigenvalue weighted by Gasteiger charge is -2.09. The van der Waals surface area contributed by atoms with Crippen LogP contribution in [0.5, 0.6) is 0 Å². The molecule has 1 aromatic carbocycles. The zero-order chi connectivity index (χ0) is 13.1. The molecule has 0 bridgehead atoms. The molecule has 18 heavy (non-hydrogen) atoms. The van der Waals surface area contributed by atoms with Crippen LogP contribution < -0.4 is 5.73 Å². The molecule has 0 spiro atoms. The first-order valence-electron chi connectivity index (χ1n) is 6.20. The third kappa shape index (κ3) is 2.53. The topological polar surface area (TPSA) is 54.7 Å². The molecule has 0 aliphatic carbocycles. The van der Waals surface area contributed by atoms with Crippen LogP contribution in [0.1, 0.15) is 26.0 Å². The van der Waals surface area contributed by atoms with E-state index in [1.165, 1.54) is 12.1 Å². The Morgan fingerprint density at radius 1 is 1.44 bits per heavy atom. The Balaban J connectivity index is 2.40. The van der Waals surface area contributed by atoms with Crippen molar-refractivity contribution in [1.82, 2.24) is 10.2 Å². The largest absolute Gasteiger partial charge is 0.382 e. The van der Waals surface area contributed by atoms with Gasteiger partial charge in [-0.05, 0) is 30.0 Å². The van der Waals surface area contributed by atoms with Gasteiger partial charge in [0.25, 0.3) is 0 Å². The van der Waals surface area contributed by atoms with E-state index in [-0.39, 0.29) is 5.82 Å². The van der Waals surface area contributed by atoms with Gasteiger partial charge in [-0.25, -0.2) is 4.39 Å². The van der Waals surface area contributed by atoms with Crippen molar-refractivity contribution < 1.29 is 4.39 Å². The number of nitrogens with two attached hydrogens (primary N) is 1. The van der Waals surface area contributed by atoms with E-state index in [2.05, 4.69) is 24.0 Å². The van der Waals surface area contributed by atoms with Crippen LogP contribution in [0.2, 0.25) is 0 Å². The molecule has 1 unspecified atom stereocenters. The number of halogens is 1. The summed E-state index contributed by atoms with van der Waals surface area (Å²) in [5, 5.41) is 7.00. The Labute approximate surface area is 106 Å². The van der Waals surface area contributed by atoms with E-state index in [0.717, 1.165) is 29.7 Å². The van der Waals surface area contributed by atoms with Gasteiger partial charge in [0.15, 0.2) is 5.82 Å². The van der Waals surface area contributed by atoms with E-state index in [9.17, 15) is 4.39 Å². The summed E-state index contributed by atoms with van der Waals surface area (Å²) >= 11 is 0. The van der Waals surface area contributed by atoms with Crippen LogP contribution in [0.25, 0.3) is 11.1 Å². The molecule has 2 aromatic rings. The van der Waals surface area contributed by atoms with E-state index in [1.807, 2.05) is 6.07 Å². The SMILES string of the molecule is CCC(C)Cc1[nH]nc(N)c1-c1cccc(F)c1. The quantitative estimate of drug-likeness (QED) is 0.870. The van der Waals surface area contributed by atoms with Crippen LogP contribution in [0.15, 0.2) is 24.3 Å². The van der Waals surface area contributed by atoms with Gasteiger partial charge < -0.3 is 5.73 Å². The van der Waals surface area contributed by atoms with Gasteiger partial charge in [-0.15, -0.1) is 0 Å². The van der Waals surface area contributed by atoms with Gasteiger partial charge in [0.05, 0.1) is 0 Å². The highest BCUT2D eigenvalue weighted by molar-refractivity contribution is 5.76. The number of nitrogens with zero attached hydrogens (tertiary/aromatic N) is 1. The van der Waals surface area contributed by atoms with Crippen LogP contribution in [0, 0.1) is 11.7 Å². The van der Waals surface area contributed by atoms with Crippen LogP contribution >= 0.6 is 0 Å². The predicted molar refractivity (Wildman–Crippen MR) is 71.6 cm³/mol. The van der Waals surface area contributed by atoms with Crippen molar-refractivity contribution in [2.75, 3.05) is 5.73 Å². The predicted octanol–water partition coefficient (Wildman–Crippen LogP) is 3.39. The molecule has 1 heterocycles. The fraction of sp³-hybridized carbons (Fsp3) is 0.357. The average Bonchev–Trinajstić information content (AvgIpc) is 2.70. The second-order valence-corrected chi connectivity index (χ2v) is 4.69. The second kappa shape index (κ2) is 5.21. The molecular weight excluding hydrogens is 229 g/mol. The van der Waals surface area contributed by atoms with Crippen LogP contribution in [0.3, 0.4) is 0 Å². The lowest BCUT2D eigenvalue weighted by molar-refractivity contribution is 0.552. The minimum atomic E-state index is -0.261. The summed E-state index contributed by atoms with van der Waals surface area (Å²) in [6.45, 7) is 4.32. The van der Waals surface area contributed by atoms with Crippen LogP contribution in [-0.2, 0) is 6.42 Å². The van der Waals surface area contributed by atoms with Gasteiger partial charge >= 0.3 is 0 Å². The molecule has 0 fully saturated rings. The lowest BCUT2D eigenvalue weighted by atomic mass is 9.97. The third-order valence-electron chi connectivity index (χ3n) is 3.23. The number of hydrogen-bond donors (Lipinski definition) is 2. The molecule has 0 aliphatic heterocycles. The summed E-state index contributed by atoms with van der Waals surface area (Å²) in [6, 6.07) is 6.45. The van der Waals surface area contributed by atoms with Crippen molar-refractivity contribution in [3.05, 3.63) is 35.8 Å². The normalized spacial score (nSPS) is 12.6. The fourth-order valence-electron chi connectivity index (χ4n) is 2.00. The third-order valence-corrected chi connectivity index (χ3v) is 3.23. The molecule has 1 atom stereocenters. The minimum absolute atomic E-state index is 0.261. The zero-order valence-electron chi connectivity index (χ0n) is 10.7.